The number of anilines is 1. The molecular formula is C15H16N2O3. The number of hydrogen-bond donors (Lipinski definition) is 2. The van der Waals surface area contributed by atoms with Crippen molar-refractivity contribution < 1.29 is 14.6 Å². The van der Waals surface area contributed by atoms with E-state index < -0.39 is 12.0 Å². The normalized spacial score (nSPS) is 11.7. The van der Waals surface area contributed by atoms with Gasteiger partial charge in [-0.05, 0) is 30.7 Å². The van der Waals surface area contributed by atoms with Gasteiger partial charge in [-0.25, -0.2) is 4.79 Å². The predicted octanol–water partition coefficient (Wildman–Crippen LogP) is 2.64. The highest BCUT2D eigenvalue weighted by Crippen LogP contribution is 2.28. The van der Waals surface area contributed by atoms with Crippen LogP contribution in [0.15, 0.2) is 42.7 Å². The van der Waals surface area contributed by atoms with Crippen molar-refractivity contribution in [1.82, 2.24) is 4.98 Å². The first-order valence-corrected chi connectivity index (χ1v) is 6.16. The number of ether oxygens (including phenoxy) is 1. The Morgan fingerprint density at radius 3 is 2.75 bits per heavy atom. The number of aromatic nitrogens is 1. The number of carboxylic acid groups (broad SMARTS) is 1. The van der Waals surface area contributed by atoms with Crippen LogP contribution >= 0.6 is 0 Å². The maximum Gasteiger partial charge on any atom is 0.330 e. The van der Waals surface area contributed by atoms with E-state index in [1.54, 1.807) is 37.7 Å². The van der Waals surface area contributed by atoms with Gasteiger partial charge in [0.05, 0.1) is 12.8 Å². The fraction of sp³-hybridized carbons (Fsp3) is 0.200. The zero-order valence-corrected chi connectivity index (χ0v) is 11.3. The van der Waals surface area contributed by atoms with Crippen molar-refractivity contribution in [3.05, 3.63) is 53.9 Å². The van der Waals surface area contributed by atoms with Gasteiger partial charge in [0.25, 0.3) is 0 Å². The molecule has 2 rings (SSSR count). The topological polar surface area (TPSA) is 71.5 Å². The lowest BCUT2D eigenvalue weighted by atomic mass is 10.0. The van der Waals surface area contributed by atoms with Crippen LogP contribution in [0.4, 0.5) is 5.69 Å². The van der Waals surface area contributed by atoms with Crippen LogP contribution in [-0.2, 0) is 4.79 Å². The smallest absolute Gasteiger partial charge is 0.330 e. The number of aliphatic carboxylic acids is 1. The van der Waals surface area contributed by atoms with Gasteiger partial charge in [0.1, 0.15) is 5.75 Å². The van der Waals surface area contributed by atoms with Crippen LogP contribution in [0.25, 0.3) is 0 Å². The fourth-order valence-corrected chi connectivity index (χ4v) is 1.97. The second kappa shape index (κ2) is 6.06. The molecule has 1 atom stereocenters. The molecular weight excluding hydrogens is 256 g/mol. The lowest BCUT2D eigenvalue weighted by Gasteiger charge is -2.19. The van der Waals surface area contributed by atoms with Gasteiger partial charge in [0, 0.05) is 18.0 Å². The molecule has 0 spiro atoms. The molecule has 0 aliphatic heterocycles. The van der Waals surface area contributed by atoms with Crippen molar-refractivity contribution in [2.75, 3.05) is 12.4 Å². The summed E-state index contributed by atoms with van der Waals surface area (Å²) in [6.45, 7) is 1.86. The molecule has 0 aliphatic carbocycles. The largest absolute Gasteiger partial charge is 0.495 e. The summed E-state index contributed by atoms with van der Waals surface area (Å²) in [5, 5.41) is 12.4. The lowest BCUT2D eigenvalue weighted by molar-refractivity contribution is -0.138. The van der Waals surface area contributed by atoms with Crippen LogP contribution in [0.2, 0.25) is 0 Å². The van der Waals surface area contributed by atoms with Gasteiger partial charge < -0.3 is 15.2 Å². The molecule has 0 fully saturated rings. The summed E-state index contributed by atoms with van der Waals surface area (Å²) in [4.78, 5) is 15.5. The van der Waals surface area contributed by atoms with Gasteiger partial charge in [0.15, 0.2) is 6.04 Å². The van der Waals surface area contributed by atoms with E-state index in [9.17, 15) is 9.90 Å². The van der Waals surface area contributed by atoms with Crippen molar-refractivity contribution in [2.24, 2.45) is 0 Å². The molecule has 5 nitrogen and oxygen atoms in total. The third-order valence-corrected chi connectivity index (χ3v) is 3.04. The first kappa shape index (κ1) is 13.9. The third-order valence-electron chi connectivity index (χ3n) is 3.04. The van der Waals surface area contributed by atoms with Crippen molar-refractivity contribution in [1.29, 1.82) is 0 Å². The molecule has 0 aliphatic rings. The summed E-state index contributed by atoms with van der Waals surface area (Å²) in [5.74, 6) is -0.368. The average molecular weight is 272 g/mol. The fourth-order valence-electron chi connectivity index (χ4n) is 1.97. The van der Waals surface area contributed by atoms with Crippen LogP contribution in [0.1, 0.15) is 17.2 Å². The van der Waals surface area contributed by atoms with E-state index >= 15 is 0 Å². The van der Waals surface area contributed by atoms with Crippen LogP contribution in [0.5, 0.6) is 5.75 Å². The Hall–Kier alpha value is -2.56. The number of carboxylic acids is 1. The molecule has 104 valence electrons. The first-order chi connectivity index (χ1) is 9.63. The Bertz CT molecular complexity index is 614. The molecule has 1 unspecified atom stereocenters. The SMILES string of the molecule is COc1ccccc1NC(C(=O)O)c1cnccc1C. The minimum absolute atomic E-state index is 0.597. The molecule has 0 radical (unpaired) electrons. The second-order valence-electron chi connectivity index (χ2n) is 4.35. The van der Waals surface area contributed by atoms with Gasteiger partial charge in [-0.1, -0.05) is 12.1 Å². The Balaban J connectivity index is 2.36. The number of aryl methyl sites for hydroxylation is 1. The number of nitrogens with one attached hydrogen (secondary N) is 1. The number of hydrogen-bond acceptors (Lipinski definition) is 4. The molecule has 0 saturated carbocycles. The monoisotopic (exact) mass is 272 g/mol. The van der Waals surface area contributed by atoms with E-state index in [1.165, 1.54) is 0 Å². The minimum Gasteiger partial charge on any atom is -0.495 e. The number of methoxy groups -OCH3 is 1. The average Bonchev–Trinajstić information content (AvgIpc) is 2.46. The summed E-state index contributed by atoms with van der Waals surface area (Å²) in [5.41, 5.74) is 2.13. The molecule has 0 amide bonds. The molecule has 20 heavy (non-hydrogen) atoms. The highest BCUT2D eigenvalue weighted by molar-refractivity contribution is 5.80. The zero-order valence-electron chi connectivity index (χ0n) is 11.3. The van der Waals surface area contributed by atoms with Gasteiger partial charge in [0.2, 0.25) is 0 Å². The summed E-state index contributed by atoms with van der Waals surface area (Å²) < 4.78 is 5.22. The van der Waals surface area contributed by atoms with E-state index in [2.05, 4.69) is 10.3 Å². The van der Waals surface area contributed by atoms with E-state index in [1.807, 2.05) is 19.1 Å². The number of nitrogens with zero attached hydrogens (tertiary/aromatic N) is 1. The molecule has 2 N–H and O–H groups in total. The van der Waals surface area contributed by atoms with Crippen LogP contribution in [-0.4, -0.2) is 23.2 Å². The quantitative estimate of drug-likeness (QED) is 0.875. The predicted molar refractivity (Wildman–Crippen MR) is 76.0 cm³/mol. The second-order valence-corrected chi connectivity index (χ2v) is 4.35. The summed E-state index contributed by atoms with van der Waals surface area (Å²) >= 11 is 0. The number of pyridine rings is 1. The van der Waals surface area contributed by atoms with Gasteiger partial charge in [-0.3, -0.25) is 4.98 Å². The number of rotatable bonds is 5. The van der Waals surface area contributed by atoms with Crippen molar-refractivity contribution in [3.8, 4) is 5.75 Å². The zero-order chi connectivity index (χ0) is 14.5. The Labute approximate surface area is 117 Å². The maximum atomic E-state index is 11.5. The molecule has 0 bridgehead atoms. The van der Waals surface area contributed by atoms with Crippen molar-refractivity contribution in [3.63, 3.8) is 0 Å². The van der Waals surface area contributed by atoms with E-state index in [4.69, 9.17) is 4.74 Å². The number of benzene rings is 1. The third kappa shape index (κ3) is 2.88. The molecule has 0 saturated heterocycles. The van der Waals surface area contributed by atoms with Gasteiger partial charge in [-0.15, -0.1) is 0 Å². The highest BCUT2D eigenvalue weighted by atomic mass is 16.5. The minimum atomic E-state index is -0.966. The molecule has 1 heterocycles. The van der Waals surface area contributed by atoms with Crippen LogP contribution in [0.3, 0.4) is 0 Å². The summed E-state index contributed by atoms with van der Waals surface area (Å²) in [6.07, 6.45) is 3.21. The standard InChI is InChI=1S/C15H16N2O3/c1-10-7-8-16-9-11(10)14(15(18)19)17-12-5-3-4-6-13(12)20-2/h3-9,14,17H,1-2H3,(H,18,19). The number of para-hydroxylation sites is 2. The molecule has 2 aromatic rings. The van der Waals surface area contributed by atoms with Crippen molar-refractivity contribution in [2.45, 2.75) is 13.0 Å². The van der Waals surface area contributed by atoms with Gasteiger partial charge >= 0.3 is 5.97 Å². The van der Waals surface area contributed by atoms with Gasteiger partial charge in [-0.2, -0.15) is 0 Å². The lowest BCUT2D eigenvalue weighted by Crippen LogP contribution is -2.21. The van der Waals surface area contributed by atoms with E-state index in [0.717, 1.165) is 5.56 Å². The molecule has 1 aromatic carbocycles. The summed E-state index contributed by atoms with van der Waals surface area (Å²) in [7, 11) is 1.55. The van der Waals surface area contributed by atoms with Crippen LogP contribution < -0.4 is 10.1 Å². The van der Waals surface area contributed by atoms with Crippen LogP contribution in [0, 0.1) is 6.92 Å². The highest BCUT2D eigenvalue weighted by Gasteiger charge is 2.22. The van der Waals surface area contributed by atoms with Crippen molar-refractivity contribution >= 4 is 11.7 Å². The molecule has 5 heteroatoms. The van der Waals surface area contributed by atoms with E-state index in [-0.39, 0.29) is 0 Å². The molecule has 1 aromatic heterocycles. The first-order valence-electron chi connectivity index (χ1n) is 6.16. The Morgan fingerprint density at radius 2 is 2.10 bits per heavy atom. The van der Waals surface area contributed by atoms with E-state index in [0.29, 0.717) is 17.0 Å². The Morgan fingerprint density at radius 1 is 1.35 bits per heavy atom. The Kier molecular flexibility index (Phi) is 4.20. The summed E-state index contributed by atoms with van der Waals surface area (Å²) in [6, 6.07) is 8.11. The number of carbonyl (C=O) groups is 1. The maximum absolute atomic E-state index is 11.5.